The lowest BCUT2D eigenvalue weighted by molar-refractivity contribution is -0.113. The summed E-state index contributed by atoms with van der Waals surface area (Å²) in [4.78, 5) is 32.2. The van der Waals surface area contributed by atoms with Gasteiger partial charge in [0.15, 0.2) is 5.16 Å². The van der Waals surface area contributed by atoms with E-state index >= 15 is 0 Å². The number of nitrogens with zero attached hydrogens (tertiary/aromatic N) is 4. The van der Waals surface area contributed by atoms with Crippen LogP contribution in [0.2, 0.25) is 0 Å². The van der Waals surface area contributed by atoms with E-state index < -0.39 is 0 Å². The monoisotopic (exact) mass is 483 g/mol. The number of amides is 1. The Bertz CT molecular complexity index is 1340. The fourth-order valence-corrected chi connectivity index (χ4v) is 6.69. The van der Waals surface area contributed by atoms with Gasteiger partial charge in [-0.1, -0.05) is 53.4 Å². The van der Waals surface area contributed by atoms with Gasteiger partial charge in [-0.3, -0.25) is 19.5 Å². The third kappa shape index (κ3) is 4.35. The van der Waals surface area contributed by atoms with Crippen LogP contribution in [-0.2, 0) is 31.1 Å². The number of thioether (sulfide) groups is 1. The highest BCUT2D eigenvalue weighted by molar-refractivity contribution is 7.99. The van der Waals surface area contributed by atoms with Crippen LogP contribution in [0, 0.1) is 0 Å². The summed E-state index contributed by atoms with van der Waals surface area (Å²) in [6.45, 7) is 0. The molecule has 5 rings (SSSR count). The SMILES string of the molecule is Cn1c(SCC(=O)Nc2nnc(Cc3ccccc3)s2)nc2sc3c(c2c1=O)CCCC3. The van der Waals surface area contributed by atoms with Crippen molar-refractivity contribution in [3.05, 3.63) is 61.7 Å². The summed E-state index contributed by atoms with van der Waals surface area (Å²) in [5.41, 5.74) is 2.31. The minimum atomic E-state index is -0.197. The third-order valence-corrected chi connectivity index (χ3v) is 8.45. The van der Waals surface area contributed by atoms with E-state index in [2.05, 4.69) is 15.5 Å². The number of carbonyl (C=O) groups excluding carboxylic acids is 1. The van der Waals surface area contributed by atoms with Gasteiger partial charge in [-0.05, 0) is 36.8 Å². The summed E-state index contributed by atoms with van der Waals surface area (Å²) in [6, 6.07) is 10.0. The van der Waals surface area contributed by atoms with Crippen LogP contribution in [0.5, 0.6) is 0 Å². The first-order chi connectivity index (χ1) is 15.6. The fraction of sp³-hybridized carbons (Fsp3) is 0.318. The summed E-state index contributed by atoms with van der Waals surface area (Å²) in [5.74, 6) is -0.0537. The van der Waals surface area contributed by atoms with Crippen LogP contribution in [0.15, 0.2) is 40.3 Å². The maximum Gasteiger partial charge on any atom is 0.262 e. The molecule has 0 radical (unpaired) electrons. The van der Waals surface area contributed by atoms with Crippen molar-refractivity contribution < 1.29 is 4.79 Å². The predicted octanol–water partition coefficient (Wildman–Crippen LogP) is 4.05. The number of fused-ring (bicyclic) bond motifs is 3. The molecule has 0 aliphatic heterocycles. The van der Waals surface area contributed by atoms with E-state index in [4.69, 9.17) is 4.98 Å². The Labute approximate surface area is 196 Å². The molecule has 1 N–H and O–H groups in total. The maximum atomic E-state index is 13.0. The first-order valence-electron chi connectivity index (χ1n) is 10.4. The Morgan fingerprint density at radius 2 is 1.97 bits per heavy atom. The van der Waals surface area contributed by atoms with Gasteiger partial charge in [0.25, 0.3) is 5.56 Å². The first kappa shape index (κ1) is 21.3. The molecule has 164 valence electrons. The van der Waals surface area contributed by atoms with E-state index in [-0.39, 0.29) is 17.2 Å². The van der Waals surface area contributed by atoms with E-state index in [1.165, 1.54) is 40.0 Å². The zero-order valence-electron chi connectivity index (χ0n) is 17.5. The van der Waals surface area contributed by atoms with Gasteiger partial charge in [0.1, 0.15) is 9.84 Å². The number of hydrogen-bond acceptors (Lipinski definition) is 8. The molecule has 0 saturated carbocycles. The molecule has 0 bridgehead atoms. The number of aromatic nitrogens is 4. The van der Waals surface area contributed by atoms with Crippen LogP contribution >= 0.6 is 34.4 Å². The van der Waals surface area contributed by atoms with Crippen LogP contribution in [0.3, 0.4) is 0 Å². The summed E-state index contributed by atoms with van der Waals surface area (Å²) < 4.78 is 1.56. The summed E-state index contributed by atoms with van der Waals surface area (Å²) in [7, 11) is 1.72. The number of hydrogen-bond donors (Lipinski definition) is 1. The number of carbonyl (C=O) groups is 1. The van der Waals surface area contributed by atoms with Crippen molar-refractivity contribution in [2.24, 2.45) is 7.05 Å². The molecule has 0 fully saturated rings. The summed E-state index contributed by atoms with van der Waals surface area (Å²) >= 11 is 4.25. The minimum Gasteiger partial charge on any atom is -0.300 e. The number of thiophene rings is 1. The van der Waals surface area contributed by atoms with Crippen molar-refractivity contribution in [2.75, 3.05) is 11.1 Å². The van der Waals surface area contributed by atoms with Gasteiger partial charge < -0.3 is 0 Å². The van der Waals surface area contributed by atoms with E-state index in [0.29, 0.717) is 16.7 Å². The zero-order valence-corrected chi connectivity index (χ0v) is 19.9. The molecule has 0 spiro atoms. The highest BCUT2D eigenvalue weighted by Gasteiger charge is 2.21. The second-order valence-corrected chi connectivity index (χ2v) is 10.7. The standard InChI is InChI=1S/C22H21N5O2S3/c1-27-20(29)18-14-9-5-6-10-15(14)31-19(18)24-22(27)30-12-16(28)23-21-26-25-17(32-21)11-13-7-3-2-4-8-13/h2-4,7-8H,5-6,9-12H2,1H3,(H,23,26,28). The van der Waals surface area contributed by atoms with Gasteiger partial charge in [0.05, 0.1) is 11.1 Å². The number of rotatable bonds is 6. The molecule has 1 aliphatic rings. The van der Waals surface area contributed by atoms with E-state index in [0.717, 1.165) is 40.1 Å². The number of aryl methyl sites for hydroxylation is 2. The van der Waals surface area contributed by atoms with E-state index in [9.17, 15) is 9.59 Å². The van der Waals surface area contributed by atoms with Gasteiger partial charge in [0, 0.05) is 18.3 Å². The van der Waals surface area contributed by atoms with Crippen molar-refractivity contribution >= 4 is 55.7 Å². The van der Waals surface area contributed by atoms with Crippen molar-refractivity contribution in [2.45, 2.75) is 37.3 Å². The van der Waals surface area contributed by atoms with Crippen LogP contribution < -0.4 is 10.9 Å². The lowest BCUT2D eigenvalue weighted by atomic mass is 9.97. The molecule has 3 aromatic heterocycles. The molecule has 1 amide bonds. The zero-order chi connectivity index (χ0) is 22.1. The molecule has 3 heterocycles. The Hall–Kier alpha value is -2.56. The van der Waals surface area contributed by atoms with Gasteiger partial charge in [-0.25, -0.2) is 4.98 Å². The Morgan fingerprint density at radius 1 is 1.16 bits per heavy atom. The highest BCUT2D eigenvalue weighted by atomic mass is 32.2. The number of nitrogens with one attached hydrogen (secondary N) is 1. The summed E-state index contributed by atoms with van der Waals surface area (Å²) in [6.07, 6.45) is 4.95. The van der Waals surface area contributed by atoms with Crippen LogP contribution in [-0.4, -0.2) is 31.4 Å². The predicted molar refractivity (Wildman–Crippen MR) is 130 cm³/mol. The second-order valence-electron chi connectivity index (χ2n) is 7.65. The second kappa shape index (κ2) is 9.13. The quantitative estimate of drug-likeness (QED) is 0.329. The van der Waals surface area contributed by atoms with Gasteiger partial charge in [-0.2, -0.15) is 0 Å². The molecule has 7 nitrogen and oxygen atoms in total. The molecule has 1 aliphatic carbocycles. The molecular formula is C22H21N5O2S3. The van der Waals surface area contributed by atoms with Crippen molar-refractivity contribution in [3.63, 3.8) is 0 Å². The molecular weight excluding hydrogens is 462 g/mol. The normalized spacial score (nSPS) is 13.3. The first-order valence-corrected chi connectivity index (χ1v) is 13.0. The largest absolute Gasteiger partial charge is 0.300 e. The number of anilines is 1. The van der Waals surface area contributed by atoms with Crippen molar-refractivity contribution in [1.29, 1.82) is 0 Å². The molecule has 0 saturated heterocycles. The minimum absolute atomic E-state index is 0.0213. The molecule has 10 heteroatoms. The number of benzene rings is 1. The van der Waals surface area contributed by atoms with Crippen LogP contribution in [0.4, 0.5) is 5.13 Å². The molecule has 1 aromatic carbocycles. The van der Waals surface area contributed by atoms with Crippen molar-refractivity contribution in [3.8, 4) is 0 Å². The third-order valence-electron chi connectivity index (χ3n) is 5.40. The average molecular weight is 484 g/mol. The smallest absolute Gasteiger partial charge is 0.262 e. The van der Waals surface area contributed by atoms with E-state index in [1.54, 1.807) is 23.0 Å². The average Bonchev–Trinajstić information content (AvgIpc) is 3.39. The Morgan fingerprint density at radius 3 is 2.81 bits per heavy atom. The molecule has 4 aromatic rings. The van der Waals surface area contributed by atoms with Crippen molar-refractivity contribution in [1.82, 2.24) is 19.7 Å². The molecule has 0 unspecified atom stereocenters. The maximum absolute atomic E-state index is 13.0. The topological polar surface area (TPSA) is 89.8 Å². The Balaban J connectivity index is 1.25. The lowest BCUT2D eigenvalue weighted by Gasteiger charge is -2.10. The van der Waals surface area contributed by atoms with Crippen LogP contribution in [0.25, 0.3) is 10.2 Å². The van der Waals surface area contributed by atoms with Gasteiger partial charge in [-0.15, -0.1) is 21.5 Å². The molecule has 32 heavy (non-hydrogen) atoms. The highest BCUT2D eigenvalue weighted by Crippen LogP contribution is 2.34. The molecule has 0 atom stereocenters. The summed E-state index contributed by atoms with van der Waals surface area (Å²) in [5, 5.41) is 13.7. The Kier molecular flexibility index (Phi) is 6.07. The van der Waals surface area contributed by atoms with Gasteiger partial charge >= 0.3 is 0 Å². The van der Waals surface area contributed by atoms with Gasteiger partial charge in [0.2, 0.25) is 11.0 Å². The van der Waals surface area contributed by atoms with Crippen LogP contribution in [0.1, 0.15) is 33.9 Å². The fourth-order valence-electron chi connectivity index (χ4n) is 3.83. The lowest BCUT2D eigenvalue weighted by Crippen LogP contribution is -2.21. The van der Waals surface area contributed by atoms with E-state index in [1.807, 2.05) is 30.3 Å².